The molecule has 3 aliphatic rings. The van der Waals surface area contributed by atoms with Crippen LogP contribution in [0.1, 0.15) is 20.3 Å². The van der Waals surface area contributed by atoms with Crippen LogP contribution in [0.2, 0.25) is 0 Å². The number of fused-ring (bicyclic) bond motifs is 1. The average molecular weight is 363 g/mol. The van der Waals surface area contributed by atoms with Crippen LogP contribution >= 0.6 is 23.5 Å². The predicted molar refractivity (Wildman–Crippen MR) is 86.5 cm³/mol. The van der Waals surface area contributed by atoms with Gasteiger partial charge in [0.1, 0.15) is 10.8 Å². The van der Waals surface area contributed by atoms with Crippen molar-refractivity contribution in [2.45, 2.75) is 37.0 Å². The van der Waals surface area contributed by atoms with Crippen molar-refractivity contribution >= 4 is 46.2 Å². The topological polar surface area (TPSA) is 94.9 Å². The fraction of sp³-hybridized carbons (Fsp3) is 0.692. The molecule has 3 rings (SSSR count). The summed E-state index contributed by atoms with van der Waals surface area (Å²) in [5.41, 5.74) is -0.938. The molecule has 0 aromatic rings. The van der Waals surface area contributed by atoms with Crippen LogP contribution in [-0.4, -0.2) is 59.4 Å². The van der Waals surface area contributed by atoms with Crippen LogP contribution in [0, 0.1) is 5.41 Å². The lowest BCUT2D eigenvalue weighted by Gasteiger charge is -2.51. The summed E-state index contributed by atoms with van der Waals surface area (Å²) in [4.78, 5) is 25.2. The Balaban J connectivity index is 1.86. The van der Waals surface area contributed by atoms with E-state index in [1.54, 1.807) is 13.8 Å². The highest BCUT2D eigenvalue weighted by atomic mass is 32.2. The van der Waals surface area contributed by atoms with Crippen molar-refractivity contribution in [2.24, 2.45) is 5.41 Å². The first-order chi connectivity index (χ1) is 10.3. The molecule has 122 valence electrons. The van der Waals surface area contributed by atoms with Crippen LogP contribution in [0.3, 0.4) is 0 Å². The Morgan fingerprint density at radius 2 is 2.27 bits per heavy atom. The van der Waals surface area contributed by atoms with Crippen LogP contribution in [0.5, 0.6) is 0 Å². The average Bonchev–Trinajstić information content (AvgIpc) is 3.00. The van der Waals surface area contributed by atoms with Gasteiger partial charge in [0.2, 0.25) is 5.91 Å². The first kappa shape index (κ1) is 16.4. The third-order valence-electron chi connectivity index (χ3n) is 4.46. The summed E-state index contributed by atoms with van der Waals surface area (Å²) >= 11 is 2.74. The van der Waals surface area contributed by atoms with E-state index in [4.69, 9.17) is 0 Å². The molecule has 3 aliphatic heterocycles. The molecule has 0 saturated carbocycles. The molecule has 2 N–H and O–H groups in total. The number of hydrogen-bond acceptors (Lipinski definition) is 6. The number of aliphatic carboxylic acids is 1. The van der Waals surface area contributed by atoms with Gasteiger partial charge in [-0.3, -0.25) is 13.9 Å². The summed E-state index contributed by atoms with van der Waals surface area (Å²) < 4.78 is 12.1. The number of carboxylic acids is 1. The number of aliphatic hydroxyl groups is 1. The van der Waals surface area contributed by atoms with E-state index in [1.165, 1.54) is 28.4 Å². The predicted octanol–water partition coefficient (Wildman–Crippen LogP) is 0.796. The van der Waals surface area contributed by atoms with Crippen molar-refractivity contribution in [1.29, 1.82) is 0 Å². The lowest BCUT2D eigenvalue weighted by Crippen LogP contribution is -2.68. The molecule has 0 aliphatic carbocycles. The second kappa shape index (κ2) is 5.54. The van der Waals surface area contributed by atoms with Gasteiger partial charge >= 0.3 is 5.97 Å². The molecule has 9 heteroatoms. The van der Waals surface area contributed by atoms with Crippen LogP contribution in [0.15, 0.2) is 9.93 Å². The number of β-lactam (4-membered cyclic amide) rings is 1. The van der Waals surface area contributed by atoms with Gasteiger partial charge in [-0.2, -0.15) is 0 Å². The Morgan fingerprint density at radius 3 is 2.77 bits per heavy atom. The zero-order valence-corrected chi connectivity index (χ0v) is 14.6. The number of amides is 1. The molecule has 3 heterocycles. The second-order valence-corrected chi connectivity index (χ2v) is 10.2. The maximum atomic E-state index is 12.4. The Kier molecular flexibility index (Phi) is 4.12. The van der Waals surface area contributed by atoms with Crippen molar-refractivity contribution in [3.05, 3.63) is 9.93 Å². The molecule has 0 spiro atoms. The van der Waals surface area contributed by atoms with Crippen LogP contribution in [-0.2, 0) is 20.4 Å². The molecule has 6 nitrogen and oxygen atoms in total. The molecule has 5 unspecified atom stereocenters. The van der Waals surface area contributed by atoms with Crippen molar-refractivity contribution < 1.29 is 24.0 Å². The smallest absolute Gasteiger partial charge is 0.354 e. The number of hydrogen-bond donors (Lipinski definition) is 2. The van der Waals surface area contributed by atoms with Crippen molar-refractivity contribution in [3.8, 4) is 0 Å². The van der Waals surface area contributed by atoms with Crippen molar-refractivity contribution in [2.75, 3.05) is 11.5 Å². The lowest BCUT2D eigenvalue weighted by molar-refractivity contribution is -0.170. The molecule has 0 radical (unpaired) electrons. The van der Waals surface area contributed by atoms with Crippen molar-refractivity contribution in [3.63, 3.8) is 0 Å². The summed E-state index contributed by atoms with van der Waals surface area (Å²) in [5.74, 6) is -0.260. The molecule has 0 aromatic heterocycles. The number of aliphatic hydroxyl groups excluding tert-OH is 1. The highest BCUT2D eigenvalue weighted by Gasteiger charge is 2.66. The van der Waals surface area contributed by atoms with E-state index in [1.807, 2.05) is 0 Å². The fourth-order valence-corrected chi connectivity index (χ4v) is 8.12. The van der Waals surface area contributed by atoms with Gasteiger partial charge in [-0.05, 0) is 20.3 Å². The van der Waals surface area contributed by atoms with Gasteiger partial charge in [0, 0.05) is 27.6 Å². The third kappa shape index (κ3) is 2.24. The van der Waals surface area contributed by atoms with E-state index in [9.17, 15) is 24.0 Å². The van der Waals surface area contributed by atoms with E-state index in [0.29, 0.717) is 15.7 Å². The van der Waals surface area contributed by atoms with Gasteiger partial charge in [-0.25, -0.2) is 4.79 Å². The molecule has 5 atom stereocenters. The summed E-state index contributed by atoms with van der Waals surface area (Å²) in [6.07, 6.45) is -0.0484. The molecule has 22 heavy (non-hydrogen) atoms. The summed E-state index contributed by atoms with van der Waals surface area (Å²) in [5, 5.41) is 19.1. The largest absolute Gasteiger partial charge is 0.477 e. The molecule has 0 aromatic carbocycles. The summed E-state index contributed by atoms with van der Waals surface area (Å²) in [7, 11) is -0.827. The maximum Gasteiger partial charge on any atom is 0.354 e. The van der Waals surface area contributed by atoms with E-state index >= 15 is 0 Å². The lowest BCUT2D eigenvalue weighted by atomic mass is 9.75. The summed E-state index contributed by atoms with van der Waals surface area (Å²) in [6.45, 7) is 3.23. The van der Waals surface area contributed by atoms with Gasteiger partial charge in [0.05, 0.1) is 10.3 Å². The number of carbonyl (C=O) groups is 2. The Bertz CT molecular complexity index is 604. The van der Waals surface area contributed by atoms with Gasteiger partial charge < -0.3 is 10.2 Å². The van der Waals surface area contributed by atoms with Crippen LogP contribution < -0.4 is 0 Å². The normalized spacial score (nSPS) is 39.0. The standard InChI is InChI=1S/C13H17NO5S3/c1-6(15)13(2)11(18)14-8(9(16)17)10(21-12(13)14)20-7-3-4-22(19)5-7/h6-7,12,15H,3-5H2,1-2H3,(H,16,17). The number of nitrogens with zero attached hydrogens (tertiary/aromatic N) is 1. The molecular formula is C13H17NO5S3. The first-order valence-electron chi connectivity index (χ1n) is 6.94. The number of carbonyl (C=O) groups excluding carboxylic acids is 1. The monoisotopic (exact) mass is 363 g/mol. The van der Waals surface area contributed by atoms with Crippen LogP contribution in [0.25, 0.3) is 0 Å². The molecule has 1 amide bonds. The summed E-state index contributed by atoms with van der Waals surface area (Å²) in [6, 6.07) is 0. The van der Waals surface area contributed by atoms with Crippen LogP contribution in [0.4, 0.5) is 0 Å². The van der Waals surface area contributed by atoms with E-state index in [0.717, 1.165) is 6.42 Å². The zero-order chi connectivity index (χ0) is 16.2. The first-order valence-corrected chi connectivity index (χ1v) is 10.2. The quantitative estimate of drug-likeness (QED) is 0.713. The molecular weight excluding hydrogens is 346 g/mol. The van der Waals surface area contributed by atoms with E-state index in [-0.39, 0.29) is 22.2 Å². The van der Waals surface area contributed by atoms with E-state index in [2.05, 4.69) is 0 Å². The third-order valence-corrected chi connectivity index (χ3v) is 9.19. The highest BCUT2D eigenvalue weighted by molar-refractivity contribution is 8.23. The SMILES string of the molecule is CC(O)C1(C)C(=O)N2C(C(=O)O)=C(SC3CCS(=O)C3)SC21. The van der Waals surface area contributed by atoms with Gasteiger partial charge in [0.25, 0.3) is 0 Å². The minimum absolute atomic E-state index is 0.0146. The fourth-order valence-electron chi connectivity index (χ4n) is 2.86. The number of rotatable bonds is 4. The minimum Gasteiger partial charge on any atom is -0.477 e. The number of thioether (sulfide) groups is 2. The van der Waals surface area contributed by atoms with Crippen molar-refractivity contribution in [1.82, 2.24) is 4.90 Å². The van der Waals surface area contributed by atoms with Gasteiger partial charge in [-0.1, -0.05) is 11.8 Å². The van der Waals surface area contributed by atoms with Gasteiger partial charge in [0.15, 0.2) is 5.70 Å². The molecule has 2 fully saturated rings. The Morgan fingerprint density at radius 1 is 1.59 bits per heavy atom. The van der Waals surface area contributed by atoms with Gasteiger partial charge in [-0.15, -0.1) is 11.8 Å². The Labute approximate surface area is 139 Å². The number of carboxylic acid groups (broad SMARTS) is 1. The zero-order valence-electron chi connectivity index (χ0n) is 12.1. The maximum absolute atomic E-state index is 12.4. The molecule has 0 bridgehead atoms. The minimum atomic E-state index is -1.13. The Hall–Kier alpha value is -0.510. The highest BCUT2D eigenvalue weighted by Crippen LogP contribution is 2.59. The van der Waals surface area contributed by atoms with E-state index < -0.39 is 28.3 Å². The molecule has 2 saturated heterocycles. The second-order valence-electron chi connectivity index (χ2n) is 5.88.